The van der Waals surface area contributed by atoms with E-state index in [2.05, 4.69) is 11.0 Å². The van der Waals surface area contributed by atoms with Gasteiger partial charge in [-0.15, -0.1) is 0 Å². The number of morpholine rings is 1. The summed E-state index contributed by atoms with van der Waals surface area (Å²) < 4.78 is 5.84. The SMILES string of the molecule is CC(O)c1ccc(C#N)cc1N1CC2CCC(C1)O2. The number of hydrogen-bond acceptors (Lipinski definition) is 4. The average Bonchev–Trinajstić information content (AvgIpc) is 2.76. The molecule has 4 heteroatoms. The fourth-order valence-electron chi connectivity index (χ4n) is 3.05. The largest absolute Gasteiger partial charge is 0.389 e. The number of nitrogens with zero attached hydrogens (tertiary/aromatic N) is 2. The van der Waals surface area contributed by atoms with Gasteiger partial charge in [-0.05, 0) is 31.9 Å². The van der Waals surface area contributed by atoms with E-state index in [1.807, 2.05) is 12.1 Å². The number of anilines is 1. The Kier molecular flexibility index (Phi) is 3.17. The molecule has 0 saturated carbocycles. The molecule has 100 valence electrons. The Morgan fingerprint density at radius 2 is 2.05 bits per heavy atom. The van der Waals surface area contributed by atoms with Crippen LogP contribution in [0.3, 0.4) is 0 Å². The number of hydrogen-bond donors (Lipinski definition) is 1. The molecule has 1 aromatic carbocycles. The molecule has 0 radical (unpaired) electrons. The lowest BCUT2D eigenvalue weighted by atomic mass is 10.0. The van der Waals surface area contributed by atoms with Gasteiger partial charge in [0.15, 0.2) is 0 Å². The van der Waals surface area contributed by atoms with Crippen molar-refractivity contribution in [3.8, 4) is 6.07 Å². The van der Waals surface area contributed by atoms with Crippen LogP contribution in [-0.2, 0) is 4.74 Å². The van der Waals surface area contributed by atoms with E-state index in [1.54, 1.807) is 13.0 Å². The molecule has 3 atom stereocenters. The number of benzene rings is 1. The minimum atomic E-state index is -0.525. The molecule has 2 saturated heterocycles. The van der Waals surface area contributed by atoms with Crippen molar-refractivity contribution in [1.29, 1.82) is 5.26 Å². The summed E-state index contributed by atoms with van der Waals surface area (Å²) in [6, 6.07) is 7.67. The van der Waals surface area contributed by atoms with Crippen molar-refractivity contribution >= 4 is 5.69 Å². The van der Waals surface area contributed by atoms with Crippen LogP contribution in [0.5, 0.6) is 0 Å². The Balaban J connectivity index is 1.96. The standard InChI is InChI=1S/C15H18N2O2/c1-10(18)14-5-2-11(7-16)6-15(14)17-8-12-3-4-13(9-17)19-12/h2,5-6,10,12-13,18H,3-4,8-9H2,1H3. The van der Waals surface area contributed by atoms with Gasteiger partial charge in [-0.3, -0.25) is 0 Å². The fraction of sp³-hybridized carbons (Fsp3) is 0.533. The third kappa shape index (κ3) is 2.32. The number of fused-ring (bicyclic) bond motifs is 2. The highest BCUT2D eigenvalue weighted by molar-refractivity contribution is 5.59. The third-order valence-corrected chi connectivity index (χ3v) is 3.99. The van der Waals surface area contributed by atoms with E-state index in [9.17, 15) is 5.11 Å². The second-order valence-corrected chi connectivity index (χ2v) is 5.42. The smallest absolute Gasteiger partial charge is 0.0992 e. The highest BCUT2D eigenvalue weighted by Crippen LogP contribution is 2.34. The highest BCUT2D eigenvalue weighted by atomic mass is 16.5. The molecule has 0 aliphatic carbocycles. The van der Waals surface area contributed by atoms with Crippen LogP contribution in [0.2, 0.25) is 0 Å². The zero-order chi connectivity index (χ0) is 13.4. The zero-order valence-electron chi connectivity index (χ0n) is 11.0. The van der Waals surface area contributed by atoms with E-state index in [-0.39, 0.29) is 0 Å². The average molecular weight is 258 g/mol. The van der Waals surface area contributed by atoms with Crippen LogP contribution in [0.25, 0.3) is 0 Å². The molecule has 3 unspecified atom stereocenters. The second-order valence-electron chi connectivity index (χ2n) is 5.42. The first-order valence-electron chi connectivity index (χ1n) is 6.80. The van der Waals surface area contributed by atoms with Crippen molar-refractivity contribution < 1.29 is 9.84 Å². The molecule has 2 fully saturated rings. The number of aliphatic hydroxyl groups is 1. The van der Waals surface area contributed by atoms with Crippen LogP contribution in [0, 0.1) is 11.3 Å². The number of aliphatic hydroxyl groups excluding tert-OH is 1. The van der Waals surface area contributed by atoms with E-state index >= 15 is 0 Å². The Bertz CT molecular complexity index is 509. The molecule has 3 rings (SSSR count). The maximum Gasteiger partial charge on any atom is 0.0992 e. The first kappa shape index (κ1) is 12.5. The van der Waals surface area contributed by atoms with Crippen LogP contribution in [0.4, 0.5) is 5.69 Å². The van der Waals surface area contributed by atoms with Crippen LogP contribution < -0.4 is 4.90 Å². The lowest BCUT2D eigenvalue weighted by molar-refractivity contribution is 0.0303. The normalized spacial score (nSPS) is 27.1. The molecule has 1 aromatic rings. The van der Waals surface area contributed by atoms with Gasteiger partial charge in [0.05, 0.1) is 29.9 Å². The van der Waals surface area contributed by atoms with Gasteiger partial charge >= 0.3 is 0 Å². The van der Waals surface area contributed by atoms with Crippen LogP contribution in [0.15, 0.2) is 18.2 Å². The third-order valence-electron chi connectivity index (χ3n) is 3.99. The van der Waals surface area contributed by atoms with Crippen molar-refractivity contribution in [3.63, 3.8) is 0 Å². The van der Waals surface area contributed by atoms with Gasteiger partial charge in [0.1, 0.15) is 0 Å². The molecule has 2 heterocycles. The van der Waals surface area contributed by atoms with E-state index in [0.29, 0.717) is 17.8 Å². The Morgan fingerprint density at radius 3 is 2.63 bits per heavy atom. The van der Waals surface area contributed by atoms with Crippen LogP contribution in [0.1, 0.15) is 37.0 Å². The summed E-state index contributed by atoms with van der Waals surface area (Å²) in [5, 5.41) is 19.0. The Hall–Kier alpha value is -1.57. The summed E-state index contributed by atoms with van der Waals surface area (Å²) in [5.74, 6) is 0. The minimum Gasteiger partial charge on any atom is -0.389 e. The summed E-state index contributed by atoms with van der Waals surface area (Å²) in [5.41, 5.74) is 2.51. The van der Waals surface area contributed by atoms with Crippen molar-refractivity contribution in [2.45, 2.75) is 38.1 Å². The second kappa shape index (κ2) is 4.84. The molecule has 2 aliphatic rings. The topological polar surface area (TPSA) is 56.5 Å². The summed E-state index contributed by atoms with van der Waals surface area (Å²) >= 11 is 0. The van der Waals surface area contributed by atoms with Crippen LogP contribution >= 0.6 is 0 Å². The monoisotopic (exact) mass is 258 g/mol. The first-order chi connectivity index (χ1) is 9.17. The van der Waals surface area contributed by atoms with Gasteiger partial charge in [0, 0.05) is 24.3 Å². The summed E-state index contributed by atoms with van der Waals surface area (Å²) in [6.45, 7) is 3.47. The lowest BCUT2D eigenvalue weighted by Gasteiger charge is -2.35. The predicted octanol–water partition coefficient (Wildman–Crippen LogP) is 1.98. The van der Waals surface area contributed by atoms with Crippen molar-refractivity contribution in [2.75, 3.05) is 18.0 Å². The van der Waals surface area contributed by atoms with Crippen molar-refractivity contribution in [1.82, 2.24) is 0 Å². The zero-order valence-corrected chi connectivity index (χ0v) is 11.0. The van der Waals surface area contributed by atoms with Gasteiger partial charge in [0.25, 0.3) is 0 Å². The molecule has 4 nitrogen and oxygen atoms in total. The summed E-state index contributed by atoms with van der Waals surface area (Å²) in [6.07, 6.45) is 2.30. The number of rotatable bonds is 2. The molecule has 19 heavy (non-hydrogen) atoms. The van der Waals surface area contributed by atoms with E-state index in [4.69, 9.17) is 10.00 Å². The van der Waals surface area contributed by atoms with Crippen LogP contribution in [-0.4, -0.2) is 30.4 Å². The Morgan fingerprint density at radius 1 is 1.37 bits per heavy atom. The van der Waals surface area contributed by atoms with Gasteiger partial charge in [-0.2, -0.15) is 5.26 Å². The van der Waals surface area contributed by atoms with E-state index < -0.39 is 6.10 Å². The molecule has 1 N–H and O–H groups in total. The van der Waals surface area contributed by atoms with Gasteiger partial charge < -0.3 is 14.7 Å². The van der Waals surface area contributed by atoms with Crippen molar-refractivity contribution in [2.24, 2.45) is 0 Å². The molecular formula is C15H18N2O2. The number of nitriles is 1. The first-order valence-corrected chi connectivity index (χ1v) is 6.80. The quantitative estimate of drug-likeness (QED) is 0.881. The molecule has 2 bridgehead atoms. The summed E-state index contributed by atoms with van der Waals surface area (Å²) in [7, 11) is 0. The van der Waals surface area contributed by atoms with Gasteiger partial charge in [-0.25, -0.2) is 0 Å². The molecular weight excluding hydrogens is 240 g/mol. The van der Waals surface area contributed by atoms with Crippen molar-refractivity contribution in [3.05, 3.63) is 29.3 Å². The highest BCUT2D eigenvalue weighted by Gasteiger charge is 2.34. The van der Waals surface area contributed by atoms with E-state index in [0.717, 1.165) is 37.2 Å². The summed E-state index contributed by atoms with van der Waals surface area (Å²) in [4.78, 5) is 2.26. The Labute approximate surface area is 113 Å². The van der Waals surface area contributed by atoms with Gasteiger partial charge in [-0.1, -0.05) is 6.07 Å². The van der Waals surface area contributed by atoms with E-state index in [1.165, 1.54) is 0 Å². The molecule has 0 aromatic heterocycles. The molecule has 0 amide bonds. The molecule has 0 spiro atoms. The molecule has 2 aliphatic heterocycles. The maximum atomic E-state index is 9.91. The predicted molar refractivity (Wildman–Crippen MR) is 71.9 cm³/mol. The lowest BCUT2D eigenvalue weighted by Crippen LogP contribution is -2.43. The van der Waals surface area contributed by atoms with Gasteiger partial charge in [0.2, 0.25) is 0 Å². The maximum absolute atomic E-state index is 9.91. The number of ether oxygens (including phenoxy) is 1. The fourth-order valence-corrected chi connectivity index (χ4v) is 3.05. The minimum absolute atomic E-state index is 0.298.